The third-order valence-electron chi connectivity index (χ3n) is 4.42. The lowest BCUT2D eigenvalue weighted by Gasteiger charge is -2.09. The fraction of sp³-hybridized carbons (Fsp3) is 0.0500. The number of halogens is 2. The predicted octanol–water partition coefficient (Wildman–Crippen LogP) is 3.69. The van der Waals surface area contributed by atoms with Gasteiger partial charge < -0.3 is 21.4 Å². The number of aromatic nitrogens is 3. The Hall–Kier alpha value is -3.65. The van der Waals surface area contributed by atoms with Crippen LogP contribution in [0.2, 0.25) is 5.15 Å². The van der Waals surface area contributed by atoms with Gasteiger partial charge in [0.05, 0.1) is 16.8 Å². The Morgan fingerprint density at radius 2 is 1.86 bits per heavy atom. The summed E-state index contributed by atoms with van der Waals surface area (Å²) in [6.45, 7) is 0.509. The van der Waals surface area contributed by atoms with Crippen LogP contribution in [0.1, 0.15) is 15.9 Å². The van der Waals surface area contributed by atoms with Crippen LogP contribution in [0.25, 0.3) is 11.0 Å². The van der Waals surface area contributed by atoms with Crippen LogP contribution in [-0.4, -0.2) is 20.4 Å². The number of amides is 1. The highest BCUT2D eigenvalue weighted by Gasteiger charge is 2.11. The number of hydrogen-bond acceptors (Lipinski definition) is 5. The lowest BCUT2D eigenvalue weighted by molar-refractivity contribution is 0.102. The van der Waals surface area contributed by atoms with Crippen molar-refractivity contribution in [2.45, 2.75) is 6.54 Å². The zero-order valence-corrected chi connectivity index (χ0v) is 15.8. The molecule has 4 aromatic rings. The van der Waals surface area contributed by atoms with Crippen molar-refractivity contribution < 1.29 is 9.18 Å². The number of nitrogen functional groups attached to an aromatic ring is 2. The number of anilines is 3. The van der Waals surface area contributed by atoms with Gasteiger partial charge in [-0.05, 0) is 42.0 Å². The standard InChI is InChI=1S/C20H16ClFN6O/c21-17-14-7-8-28(18(14)27-20(24)26-17)10-11-1-3-12(4-2-11)19(29)25-16-9-13(22)5-6-15(16)23/h1-9H,10,23H2,(H,25,29)(H2,24,26,27). The van der Waals surface area contributed by atoms with Crippen molar-refractivity contribution in [2.24, 2.45) is 0 Å². The van der Waals surface area contributed by atoms with Gasteiger partial charge in [0, 0.05) is 18.3 Å². The van der Waals surface area contributed by atoms with Gasteiger partial charge in [0.15, 0.2) is 0 Å². The number of fused-ring (bicyclic) bond motifs is 1. The van der Waals surface area contributed by atoms with Crippen LogP contribution in [0.15, 0.2) is 54.7 Å². The molecule has 2 heterocycles. The van der Waals surface area contributed by atoms with Gasteiger partial charge in [-0.2, -0.15) is 4.98 Å². The van der Waals surface area contributed by atoms with Crippen LogP contribution in [-0.2, 0) is 6.54 Å². The molecule has 0 fully saturated rings. The fourth-order valence-corrected chi connectivity index (χ4v) is 3.20. The average Bonchev–Trinajstić information content (AvgIpc) is 3.08. The van der Waals surface area contributed by atoms with Gasteiger partial charge in [-0.1, -0.05) is 23.7 Å². The maximum absolute atomic E-state index is 13.4. The number of nitrogens with two attached hydrogens (primary N) is 2. The number of nitrogens with zero attached hydrogens (tertiary/aromatic N) is 3. The highest BCUT2D eigenvalue weighted by molar-refractivity contribution is 6.34. The average molecular weight is 411 g/mol. The Balaban J connectivity index is 1.52. The molecule has 7 nitrogen and oxygen atoms in total. The van der Waals surface area contributed by atoms with E-state index in [1.165, 1.54) is 18.2 Å². The van der Waals surface area contributed by atoms with E-state index in [0.717, 1.165) is 5.56 Å². The Morgan fingerprint density at radius 1 is 1.10 bits per heavy atom. The first-order valence-electron chi connectivity index (χ1n) is 8.64. The summed E-state index contributed by atoms with van der Waals surface area (Å²) < 4.78 is 15.3. The summed E-state index contributed by atoms with van der Waals surface area (Å²) in [5, 5.41) is 3.63. The molecule has 1 amide bonds. The van der Waals surface area contributed by atoms with Crippen LogP contribution < -0.4 is 16.8 Å². The highest BCUT2D eigenvalue weighted by Crippen LogP contribution is 2.23. The van der Waals surface area contributed by atoms with E-state index in [1.807, 2.05) is 29.0 Å². The monoisotopic (exact) mass is 410 g/mol. The number of carbonyl (C=O) groups is 1. The Kier molecular flexibility index (Phi) is 4.77. The maximum Gasteiger partial charge on any atom is 0.255 e. The first-order chi connectivity index (χ1) is 13.9. The molecule has 0 radical (unpaired) electrons. The molecule has 29 heavy (non-hydrogen) atoms. The predicted molar refractivity (Wildman–Crippen MR) is 111 cm³/mol. The van der Waals surface area contributed by atoms with Crippen molar-refractivity contribution in [3.8, 4) is 0 Å². The molecule has 0 bridgehead atoms. The van der Waals surface area contributed by atoms with Crippen molar-refractivity contribution in [3.05, 3.63) is 76.8 Å². The lowest BCUT2D eigenvalue weighted by Crippen LogP contribution is -2.13. The first-order valence-corrected chi connectivity index (χ1v) is 9.01. The molecular weight excluding hydrogens is 395 g/mol. The first kappa shape index (κ1) is 18.7. The van der Waals surface area contributed by atoms with E-state index in [1.54, 1.807) is 12.1 Å². The van der Waals surface area contributed by atoms with Crippen molar-refractivity contribution in [2.75, 3.05) is 16.8 Å². The quantitative estimate of drug-likeness (QED) is 0.351. The van der Waals surface area contributed by atoms with Crippen molar-refractivity contribution in [1.82, 2.24) is 14.5 Å². The van der Waals surface area contributed by atoms with Gasteiger partial charge in [-0.25, -0.2) is 9.37 Å². The number of hydrogen-bond donors (Lipinski definition) is 3. The maximum atomic E-state index is 13.4. The smallest absolute Gasteiger partial charge is 0.255 e. The van der Waals surface area contributed by atoms with Gasteiger partial charge in [0.1, 0.15) is 16.6 Å². The molecule has 146 valence electrons. The van der Waals surface area contributed by atoms with E-state index < -0.39 is 5.82 Å². The Labute approximate surface area is 170 Å². The summed E-state index contributed by atoms with van der Waals surface area (Å²) in [4.78, 5) is 20.6. The molecule has 5 N–H and O–H groups in total. The molecule has 0 aliphatic heterocycles. The minimum Gasteiger partial charge on any atom is -0.397 e. The largest absolute Gasteiger partial charge is 0.397 e. The molecule has 0 spiro atoms. The summed E-state index contributed by atoms with van der Waals surface area (Å²) in [7, 11) is 0. The lowest BCUT2D eigenvalue weighted by atomic mass is 10.1. The van der Waals surface area contributed by atoms with Crippen molar-refractivity contribution in [3.63, 3.8) is 0 Å². The number of rotatable bonds is 4. The Bertz CT molecular complexity index is 1220. The van der Waals surface area contributed by atoms with E-state index >= 15 is 0 Å². The molecule has 2 aromatic heterocycles. The molecule has 0 saturated heterocycles. The van der Waals surface area contributed by atoms with E-state index in [-0.39, 0.29) is 23.2 Å². The Morgan fingerprint density at radius 3 is 2.62 bits per heavy atom. The van der Waals surface area contributed by atoms with E-state index in [9.17, 15) is 9.18 Å². The zero-order valence-electron chi connectivity index (χ0n) is 15.1. The fourth-order valence-electron chi connectivity index (χ4n) is 2.96. The summed E-state index contributed by atoms with van der Waals surface area (Å²) in [6.07, 6.45) is 1.85. The second kappa shape index (κ2) is 7.40. The van der Waals surface area contributed by atoms with Crippen LogP contribution in [0.5, 0.6) is 0 Å². The molecule has 9 heteroatoms. The van der Waals surface area contributed by atoms with Gasteiger partial charge in [-0.3, -0.25) is 4.79 Å². The van der Waals surface area contributed by atoms with Gasteiger partial charge in [-0.15, -0.1) is 0 Å². The highest BCUT2D eigenvalue weighted by atomic mass is 35.5. The molecule has 0 unspecified atom stereocenters. The summed E-state index contributed by atoms with van der Waals surface area (Å²) in [5.74, 6) is -0.757. The number of carbonyl (C=O) groups excluding carboxylic acids is 1. The SMILES string of the molecule is Nc1nc(Cl)c2ccn(Cc3ccc(C(=O)Nc4cc(F)ccc4N)cc3)c2n1. The van der Waals surface area contributed by atoms with Crippen molar-refractivity contribution in [1.29, 1.82) is 0 Å². The molecule has 4 rings (SSSR count). The van der Waals surface area contributed by atoms with E-state index in [4.69, 9.17) is 23.1 Å². The summed E-state index contributed by atoms with van der Waals surface area (Å²) >= 11 is 6.10. The number of benzene rings is 2. The topological polar surface area (TPSA) is 112 Å². The van der Waals surface area contributed by atoms with Gasteiger partial charge in [0.25, 0.3) is 5.91 Å². The number of nitrogens with one attached hydrogen (secondary N) is 1. The molecule has 0 aliphatic rings. The molecule has 0 saturated carbocycles. The van der Waals surface area contributed by atoms with Crippen molar-refractivity contribution >= 4 is 45.9 Å². The van der Waals surface area contributed by atoms with Crippen LogP contribution in [0.3, 0.4) is 0 Å². The van der Waals surface area contributed by atoms with Gasteiger partial charge >= 0.3 is 0 Å². The molecular formula is C20H16ClFN6O. The normalized spacial score (nSPS) is 11.0. The molecule has 0 aliphatic carbocycles. The molecule has 2 aromatic carbocycles. The van der Waals surface area contributed by atoms with E-state index in [0.29, 0.717) is 28.3 Å². The van der Waals surface area contributed by atoms with Crippen LogP contribution in [0.4, 0.5) is 21.7 Å². The third-order valence-corrected chi connectivity index (χ3v) is 4.71. The minimum atomic E-state index is -0.478. The zero-order chi connectivity index (χ0) is 20.5. The van der Waals surface area contributed by atoms with E-state index in [2.05, 4.69) is 15.3 Å². The minimum absolute atomic E-state index is 0.103. The summed E-state index contributed by atoms with van der Waals surface area (Å²) in [5.41, 5.74) is 14.0. The summed E-state index contributed by atoms with van der Waals surface area (Å²) in [6, 6.07) is 12.6. The van der Waals surface area contributed by atoms with Crippen LogP contribution >= 0.6 is 11.6 Å². The third kappa shape index (κ3) is 3.83. The van der Waals surface area contributed by atoms with Gasteiger partial charge in [0.2, 0.25) is 5.95 Å². The molecule has 0 atom stereocenters. The second-order valence-corrected chi connectivity index (χ2v) is 6.79. The second-order valence-electron chi connectivity index (χ2n) is 6.44. The van der Waals surface area contributed by atoms with Crippen LogP contribution in [0, 0.1) is 5.82 Å².